The third kappa shape index (κ3) is 3.24. The van der Waals surface area contributed by atoms with Crippen molar-refractivity contribution < 1.29 is 5.11 Å². The highest BCUT2D eigenvalue weighted by Gasteiger charge is 2.22. The van der Waals surface area contributed by atoms with Gasteiger partial charge in [-0.15, -0.1) is 11.3 Å². The van der Waals surface area contributed by atoms with Gasteiger partial charge in [-0.05, 0) is 32.9 Å². The predicted octanol–water partition coefficient (Wildman–Crippen LogP) is 2.65. The minimum atomic E-state index is -0.377. The summed E-state index contributed by atoms with van der Waals surface area (Å²) in [5, 5.41) is 12.8. The number of hydrogen-bond acceptors (Lipinski definition) is 3. The molecular weight excluding hydrogens is 218 g/mol. The topological polar surface area (TPSA) is 32.3 Å². The predicted molar refractivity (Wildman–Crippen MR) is 61.9 cm³/mol. The van der Waals surface area contributed by atoms with Crippen molar-refractivity contribution in [1.29, 1.82) is 0 Å². The van der Waals surface area contributed by atoms with Gasteiger partial charge in [0.2, 0.25) is 0 Å². The van der Waals surface area contributed by atoms with Crippen LogP contribution < -0.4 is 5.32 Å². The number of aliphatic hydroxyl groups is 1. The summed E-state index contributed by atoms with van der Waals surface area (Å²) in [6.07, 6.45) is -0.377. The Labute approximate surface area is 93.9 Å². The molecule has 0 aliphatic heterocycles. The van der Waals surface area contributed by atoms with E-state index in [1.807, 2.05) is 26.0 Å². The average Bonchev–Trinajstić information content (AvgIpc) is 2.48. The Balaban J connectivity index is 2.48. The van der Waals surface area contributed by atoms with E-state index in [-0.39, 0.29) is 11.6 Å². The van der Waals surface area contributed by atoms with E-state index in [9.17, 15) is 5.11 Å². The van der Waals surface area contributed by atoms with Crippen LogP contribution in [0.25, 0.3) is 0 Å². The van der Waals surface area contributed by atoms with Gasteiger partial charge in [0, 0.05) is 17.0 Å². The molecule has 0 aliphatic carbocycles. The monoisotopic (exact) mass is 233 g/mol. The highest BCUT2D eigenvalue weighted by atomic mass is 35.5. The number of rotatable bonds is 4. The maximum absolute atomic E-state index is 9.48. The van der Waals surface area contributed by atoms with Crippen LogP contribution in [0.5, 0.6) is 0 Å². The van der Waals surface area contributed by atoms with E-state index in [4.69, 9.17) is 11.6 Å². The summed E-state index contributed by atoms with van der Waals surface area (Å²) in [5.74, 6) is 0. The molecule has 0 aromatic carbocycles. The summed E-state index contributed by atoms with van der Waals surface area (Å²) in [5.41, 5.74) is -0.267. The molecule has 0 saturated heterocycles. The fraction of sp³-hybridized carbons (Fsp3) is 0.600. The van der Waals surface area contributed by atoms with Crippen LogP contribution in [0.4, 0.5) is 0 Å². The average molecular weight is 234 g/mol. The summed E-state index contributed by atoms with van der Waals surface area (Å²) in [6.45, 7) is 6.49. The molecule has 2 nitrogen and oxygen atoms in total. The number of halogens is 1. The number of nitrogens with one attached hydrogen (secondary N) is 1. The molecule has 0 aliphatic rings. The zero-order chi connectivity index (χ0) is 10.8. The van der Waals surface area contributed by atoms with Crippen molar-refractivity contribution >= 4 is 22.9 Å². The second-order valence-corrected chi connectivity index (χ2v) is 5.76. The molecule has 1 aromatic rings. The van der Waals surface area contributed by atoms with Crippen molar-refractivity contribution in [3.8, 4) is 0 Å². The van der Waals surface area contributed by atoms with Gasteiger partial charge in [-0.25, -0.2) is 0 Å². The van der Waals surface area contributed by atoms with Gasteiger partial charge in [-0.1, -0.05) is 11.6 Å². The van der Waals surface area contributed by atoms with Crippen LogP contribution in [-0.2, 0) is 6.54 Å². The van der Waals surface area contributed by atoms with Crippen LogP contribution >= 0.6 is 22.9 Å². The van der Waals surface area contributed by atoms with Gasteiger partial charge in [0.25, 0.3) is 0 Å². The SMILES string of the molecule is CC(O)C(C)(C)NCc1ccc(Cl)s1. The summed E-state index contributed by atoms with van der Waals surface area (Å²) >= 11 is 7.38. The van der Waals surface area contributed by atoms with Crippen LogP contribution in [0.3, 0.4) is 0 Å². The zero-order valence-electron chi connectivity index (χ0n) is 8.67. The highest BCUT2D eigenvalue weighted by molar-refractivity contribution is 7.16. The Bertz CT molecular complexity index is 296. The molecule has 0 fully saturated rings. The molecule has 80 valence electrons. The lowest BCUT2D eigenvalue weighted by atomic mass is 9.99. The van der Waals surface area contributed by atoms with Gasteiger partial charge in [0.15, 0.2) is 0 Å². The minimum Gasteiger partial charge on any atom is -0.392 e. The Morgan fingerprint density at radius 2 is 2.21 bits per heavy atom. The second kappa shape index (κ2) is 4.62. The first-order valence-electron chi connectivity index (χ1n) is 4.59. The number of aliphatic hydroxyl groups excluding tert-OH is 1. The van der Waals surface area contributed by atoms with E-state index in [1.165, 1.54) is 4.88 Å². The molecule has 4 heteroatoms. The molecule has 1 aromatic heterocycles. The third-order valence-electron chi connectivity index (χ3n) is 2.39. The van der Waals surface area contributed by atoms with E-state index in [0.29, 0.717) is 0 Å². The van der Waals surface area contributed by atoms with Crippen LogP contribution in [0.1, 0.15) is 25.6 Å². The van der Waals surface area contributed by atoms with Crippen LogP contribution in [0.2, 0.25) is 4.34 Å². The lowest BCUT2D eigenvalue weighted by Crippen LogP contribution is -2.47. The van der Waals surface area contributed by atoms with Gasteiger partial charge in [0.05, 0.1) is 10.4 Å². The molecule has 14 heavy (non-hydrogen) atoms. The fourth-order valence-corrected chi connectivity index (χ4v) is 1.94. The summed E-state index contributed by atoms with van der Waals surface area (Å²) < 4.78 is 0.802. The lowest BCUT2D eigenvalue weighted by molar-refractivity contribution is 0.0958. The molecule has 2 N–H and O–H groups in total. The van der Waals surface area contributed by atoms with Crippen molar-refractivity contribution in [3.05, 3.63) is 21.3 Å². The number of hydrogen-bond donors (Lipinski definition) is 2. The Morgan fingerprint density at radius 3 is 2.64 bits per heavy atom. The fourth-order valence-electron chi connectivity index (χ4n) is 0.909. The summed E-state index contributed by atoms with van der Waals surface area (Å²) in [4.78, 5) is 1.18. The van der Waals surface area contributed by atoms with Gasteiger partial charge in [0.1, 0.15) is 0 Å². The molecule has 0 spiro atoms. The minimum absolute atomic E-state index is 0.267. The molecule has 0 bridgehead atoms. The van der Waals surface area contributed by atoms with Gasteiger partial charge in [-0.2, -0.15) is 0 Å². The first-order valence-corrected chi connectivity index (χ1v) is 5.78. The van der Waals surface area contributed by atoms with Gasteiger partial charge in [-0.3, -0.25) is 0 Å². The van der Waals surface area contributed by atoms with E-state index in [0.717, 1.165) is 10.9 Å². The Kier molecular flexibility index (Phi) is 3.95. The Hall–Kier alpha value is -0.0900. The van der Waals surface area contributed by atoms with E-state index >= 15 is 0 Å². The molecule has 1 unspecified atom stereocenters. The molecule has 0 radical (unpaired) electrons. The molecule has 0 saturated carbocycles. The van der Waals surface area contributed by atoms with Crippen LogP contribution in [0, 0.1) is 0 Å². The highest BCUT2D eigenvalue weighted by Crippen LogP contribution is 2.22. The normalized spacial score (nSPS) is 14.4. The van der Waals surface area contributed by atoms with Crippen molar-refractivity contribution in [2.75, 3.05) is 0 Å². The summed E-state index contributed by atoms with van der Waals surface area (Å²) in [7, 11) is 0. The maximum Gasteiger partial charge on any atom is 0.0931 e. The third-order valence-corrected chi connectivity index (χ3v) is 3.62. The van der Waals surface area contributed by atoms with Crippen molar-refractivity contribution in [1.82, 2.24) is 5.32 Å². The molecular formula is C10H16ClNOS. The molecule has 0 amide bonds. The van der Waals surface area contributed by atoms with E-state index in [1.54, 1.807) is 18.3 Å². The first kappa shape index (κ1) is 12.0. The first-order chi connectivity index (χ1) is 6.42. The van der Waals surface area contributed by atoms with Crippen molar-refractivity contribution in [2.45, 2.75) is 39.0 Å². The van der Waals surface area contributed by atoms with E-state index in [2.05, 4.69) is 5.32 Å². The van der Waals surface area contributed by atoms with Gasteiger partial charge < -0.3 is 10.4 Å². The molecule has 1 heterocycles. The summed E-state index contributed by atoms with van der Waals surface area (Å²) in [6, 6.07) is 3.89. The standard InChI is InChI=1S/C10H16ClNOS/c1-7(13)10(2,3)12-6-8-4-5-9(11)14-8/h4-5,7,12-13H,6H2,1-3H3. The van der Waals surface area contributed by atoms with E-state index < -0.39 is 0 Å². The smallest absolute Gasteiger partial charge is 0.0931 e. The van der Waals surface area contributed by atoms with Crippen molar-refractivity contribution in [3.63, 3.8) is 0 Å². The molecule has 1 rings (SSSR count). The zero-order valence-corrected chi connectivity index (χ0v) is 10.2. The Morgan fingerprint density at radius 1 is 1.57 bits per heavy atom. The lowest BCUT2D eigenvalue weighted by Gasteiger charge is -2.29. The quantitative estimate of drug-likeness (QED) is 0.838. The van der Waals surface area contributed by atoms with Crippen molar-refractivity contribution in [2.24, 2.45) is 0 Å². The van der Waals surface area contributed by atoms with Crippen LogP contribution in [0.15, 0.2) is 12.1 Å². The number of thiophene rings is 1. The maximum atomic E-state index is 9.48. The molecule has 1 atom stereocenters. The largest absolute Gasteiger partial charge is 0.392 e. The van der Waals surface area contributed by atoms with Crippen LogP contribution in [-0.4, -0.2) is 16.7 Å². The second-order valence-electron chi connectivity index (χ2n) is 3.96. The van der Waals surface area contributed by atoms with Gasteiger partial charge >= 0.3 is 0 Å².